The fourth-order valence-corrected chi connectivity index (χ4v) is 4.72. The van der Waals surface area contributed by atoms with Gasteiger partial charge < -0.3 is 9.80 Å². The van der Waals surface area contributed by atoms with Crippen LogP contribution in [0.2, 0.25) is 0 Å². The summed E-state index contributed by atoms with van der Waals surface area (Å²) < 4.78 is 43.8. The number of aromatic nitrogens is 3. The molecule has 0 radical (unpaired) electrons. The maximum atomic E-state index is 13.1. The average Bonchev–Trinajstić information content (AvgIpc) is 3.21. The molecule has 35 heavy (non-hydrogen) atoms. The lowest BCUT2D eigenvalue weighted by Gasteiger charge is -2.33. The summed E-state index contributed by atoms with van der Waals surface area (Å²) in [6.07, 6.45) is -4.34. The summed E-state index contributed by atoms with van der Waals surface area (Å²) in [6.45, 7) is 3.46. The molecule has 1 aromatic heterocycles. The van der Waals surface area contributed by atoms with Crippen molar-refractivity contribution >= 4 is 17.9 Å². The Morgan fingerprint density at radius 1 is 0.829 bits per heavy atom. The largest absolute Gasteiger partial charge is 0.416 e. The van der Waals surface area contributed by atoms with Gasteiger partial charge in [0.1, 0.15) is 0 Å². The van der Waals surface area contributed by atoms with Crippen LogP contribution in [0.5, 0.6) is 0 Å². The van der Waals surface area contributed by atoms with E-state index in [1.165, 1.54) is 17.0 Å². The van der Waals surface area contributed by atoms with E-state index in [1.54, 1.807) is 6.07 Å². The first-order valence-electron chi connectivity index (χ1n) is 11.5. The Labute approximate surface area is 206 Å². The number of halogens is 3. The lowest BCUT2D eigenvalue weighted by Crippen LogP contribution is -3.14. The second kappa shape index (κ2) is 9.67. The van der Waals surface area contributed by atoms with Crippen molar-refractivity contribution < 1.29 is 18.1 Å². The first kappa shape index (κ1) is 23.3. The molecule has 5 nitrogen and oxygen atoms in total. The van der Waals surface area contributed by atoms with Gasteiger partial charge >= 0.3 is 6.18 Å². The third kappa shape index (κ3) is 5.01. The zero-order chi connectivity index (χ0) is 24.4. The minimum Gasteiger partial charge on any atom is -0.360 e. The first-order valence-corrected chi connectivity index (χ1v) is 11.9. The number of hydrogen-bond acceptors (Lipinski definition) is 3. The Balaban J connectivity index is 1.36. The molecule has 0 amide bonds. The van der Waals surface area contributed by atoms with Gasteiger partial charge in [-0.25, -0.2) is 0 Å². The van der Waals surface area contributed by atoms with Crippen LogP contribution in [-0.2, 0) is 12.8 Å². The Kier molecular flexibility index (Phi) is 6.44. The van der Waals surface area contributed by atoms with Crippen LogP contribution in [0.4, 0.5) is 18.9 Å². The second-order valence-electron chi connectivity index (χ2n) is 8.59. The molecule has 0 saturated carbocycles. The van der Waals surface area contributed by atoms with Crippen molar-refractivity contribution in [3.63, 3.8) is 0 Å². The van der Waals surface area contributed by atoms with E-state index in [9.17, 15) is 13.2 Å². The number of rotatable bonds is 5. The van der Waals surface area contributed by atoms with E-state index >= 15 is 0 Å². The fraction of sp³-hybridized carbons (Fsp3) is 0.231. The van der Waals surface area contributed by atoms with Gasteiger partial charge in [0.05, 0.1) is 31.7 Å². The van der Waals surface area contributed by atoms with Gasteiger partial charge in [-0.2, -0.15) is 17.9 Å². The van der Waals surface area contributed by atoms with Gasteiger partial charge in [-0.3, -0.25) is 4.57 Å². The summed E-state index contributed by atoms with van der Waals surface area (Å²) in [6, 6.07) is 25.4. The van der Waals surface area contributed by atoms with E-state index in [1.807, 2.05) is 74.8 Å². The number of hydrogen-bond donors (Lipinski definition) is 1. The molecule has 1 aliphatic rings. The molecule has 1 aliphatic heterocycles. The third-order valence-corrected chi connectivity index (χ3v) is 6.66. The van der Waals surface area contributed by atoms with Crippen molar-refractivity contribution in [1.82, 2.24) is 14.3 Å². The highest BCUT2D eigenvalue weighted by molar-refractivity contribution is 7.71. The Hall–Kier alpha value is -3.43. The molecule has 9 heteroatoms. The maximum absolute atomic E-state index is 13.1. The smallest absolute Gasteiger partial charge is 0.360 e. The molecule has 0 bridgehead atoms. The highest BCUT2D eigenvalue weighted by atomic mass is 32.1. The maximum Gasteiger partial charge on any atom is 0.416 e. The van der Waals surface area contributed by atoms with Crippen molar-refractivity contribution in [2.75, 3.05) is 31.1 Å². The van der Waals surface area contributed by atoms with Crippen molar-refractivity contribution in [2.24, 2.45) is 0 Å². The van der Waals surface area contributed by atoms with Crippen molar-refractivity contribution in [3.05, 3.63) is 95.3 Å². The number of piperazine rings is 1. The Morgan fingerprint density at radius 2 is 1.46 bits per heavy atom. The minimum absolute atomic E-state index is 0.592. The molecular weight excluding hydrogens is 471 g/mol. The van der Waals surface area contributed by atoms with Crippen LogP contribution in [0.15, 0.2) is 84.9 Å². The van der Waals surface area contributed by atoms with Crippen LogP contribution in [-0.4, -0.2) is 40.5 Å². The molecule has 1 saturated heterocycles. The van der Waals surface area contributed by atoms with Crippen LogP contribution in [0.1, 0.15) is 5.56 Å². The molecule has 180 valence electrons. The molecular formula is C26H25F3N5S+. The number of nitrogens with one attached hydrogen (secondary N) is 1. The van der Waals surface area contributed by atoms with E-state index in [0.29, 0.717) is 30.2 Å². The molecule has 0 aliphatic carbocycles. The molecule has 1 N–H and O–H groups in total. The van der Waals surface area contributed by atoms with E-state index in [0.717, 1.165) is 36.2 Å². The molecule has 0 atom stereocenters. The van der Waals surface area contributed by atoms with Gasteiger partial charge in [-0.15, -0.1) is 5.10 Å². The van der Waals surface area contributed by atoms with Crippen molar-refractivity contribution in [1.29, 1.82) is 0 Å². The highest BCUT2D eigenvalue weighted by Gasteiger charge is 2.31. The van der Waals surface area contributed by atoms with Gasteiger partial charge in [-0.05, 0) is 42.5 Å². The van der Waals surface area contributed by atoms with Crippen molar-refractivity contribution in [3.8, 4) is 17.1 Å². The van der Waals surface area contributed by atoms with Crippen LogP contribution in [0.25, 0.3) is 17.1 Å². The van der Waals surface area contributed by atoms with Gasteiger partial charge in [0, 0.05) is 16.9 Å². The number of alkyl halides is 3. The average molecular weight is 497 g/mol. The predicted molar refractivity (Wildman–Crippen MR) is 132 cm³/mol. The summed E-state index contributed by atoms with van der Waals surface area (Å²) >= 11 is 5.85. The van der Waals surface area contributed by atoms with Crippen LogP contribution >= 0.6 is 12.2 Å². The highest BCUT2D eigenvalue weighted by Crippen LogP contribution is 2.31. The third-order valence-electron chi connectivity index (χ3n) is 6.27. The lowest BCUT2D eigenvalue weighted by molar-refractivity contribution is -0.924. The van der Waals surface area contributed by atoms with E-state index in [2.05, 4.69) is 0 Å². The van der Waals surface area contributed by atoms with Crippen molar-refractivity contribution in [2.45, 2.75) is 12.8 Å². The van der Waals surface area contributed by atoms with E-state index in [4.69, 9.17) is 17.3 Å². The zero-order valence-corrected chi connectivity index (χ0v) is 19.8. The summed E-state index contributed by atoms with van der Waals surface area (Å²) in [5, 5.41) is 4.88. The first-order chi connectivity index (χ1) is 16.9. The van der Waals surface area contributed by atoms with Crippen LogP contribution in [0, 0.1) is 4.77 Å². The molecule has 4 aromatic rings. The number of nitrogens with zero attached hydrogens (tertiary/aromatic N) is 4. The molecule has 3 aromatic carbocycles. The van der Waals surface area contributed by atoms with Gasteiger partial charge in [0.15, 0.2) is 12.5 Å². The lowest BCUT2D eigenvalue weighted by atomic mass is 10.1. The summed E-state index contributed by atoms with van der Waals surface area (Å²) in [7, 11) is 0. The topological polar surface area (TPSA) is 30.4 Å². The van der Waals surface area contributed by atoms with Gasteiger partial charge in [0.2, 0.25) is 4.77 Å². The molecule has 2 heterocycles. The molecule has 0 unspecified atom stereocenters. The fourth-order valence-electron chi connectivity index (χ4n) is 4.42. The number of para-hydroxylation sites is 1. The Morgan fingerprint density at radius 3 is 2.11 bits per heavy atom. The second-order valence-corrected chi connectivity index (χ2v) is 8.95. The van der Waals surface area contributed by atoms with E-state index < -0.39 is 11.7 Å². The normalized spacial score (nSPS) is 14.9. The number of anilines is 1. The quantitative estimate of drug-likeness (QED) is 0.414. The standard InChI is InChI=1S/C26H24F3N5S/c27-26(28,29)21-10-7-13-23(18-21)32-16-14-31(15-17-32)19-33-25(35)34(22-11-5-2-6-12-22)24(30-33)20-8-3-1-4-9-20/h1-13,18H,14-17,19H2/p+1. The summed E-state index contributed by atoms with van der Waals surface area (Å²) in [5.74, 6) is 0.781. The monoisotopic (exact) mass is 496 g/mol. The molecule has 5 rings (SSSR count). The zero-order valence-electron chi connectivity index (χ0n) is 18.9. The summed E-state index contributed by atoms with van der Waals surface area (Å²) in [5.41, 5.74) is 1.92. The molecule has 1 fully saturated rings. The minimum atomic E-state index is -4.34. The number of benzene rings is 3. The SMILES string of the molecule is FC(F)(F)c1cccc(N2CC[NH+](Cn3nc(-c4ccccc4)n(-c4ccccc4)c3=S)CC2)c1. The van der Waals surface area contributed by atoms with Gasteiger partial charge in [0.25, 0.3) is 0 Å². The van der Waals surface area contributed by atoms with E-state index in [-0.39, 0.29) is 0 Å². The van der Waals surface area contributed by atoms with Crippen LogP contribution in [0.3, 0.4) is 0 Å². The predicted octanol–water partition coefficient (Wildman–Crippen LogP) is 4.45. The van der Waals surface area contributed by atoms with Gasteiger partial charge in [-0.1, -0.05) is 54.6 Å². The van der Waals surface area contributed by atoms with Crippen LogP contribution < -0.4 is 9.80 Å². The summed E-state index contributed by atoms with van der Waals surface area (Å²) in [4.78, 5) is 3.29. The Bertz CT molecular complexity index is 1340. The number of quaternary nitrogens is 1. The molecule has 0 spiro atoms.